The first-order valence-corrected chi connectivity index (χ1v) is 8.23. The molecule has 1 aromatic carbocycles. The zero-order valence-electron chi connectivity index (χ0n) is 12.2. The molecule has 108 valence electrons. The molecule has 3 nitrogen and oxygen atoms in total. The third-order valence-electron chi connectivity index (χ3n) is 3.18. The zero-order chi connectivity index (χ0) is 14.2. The minimum Gasteiger partial charge on any atom is -0.313 e. The summed E-state index contributed by atoms with van der Waals surface area (Å²) in [4.78, 5) is 1.33. The van der Waals surface area contributed by atoms with E-state index in [1.165, 1.54) is 10.5 Å². The quantitative estimate of drug-likeness (QED) is 0.757. The molecule has 1 atom stereocenters. The molecule has 2 aromatic rings. The Labute approximate surface area is 125 Å². The largest absolute Gasteiger partial charge is 0.313 e. The van der Waals surface area contributed by atoms with Crippen LogP contribution in [0.25, 0.3) is 0 Å². The van der Waals surface area contributed by atoms with E-state index in [1.54, 1.807) is 0 Å². The highest BCUT2D eigenvalue weighted by Crippen LogP contribution is 2.19. The Morgan fingerprint density at radius 1 is 1.25 bits per heavy atom. The van der Waals surface area contributed by atoms with Gasteiger partial charge >= 0.3 is 0 Å². The van der Waals surface area contributed by atoms with Gasteiger partial charge in [0.25, 0.3) is 0 Å². The van der Waals surface area contributed by atoms with Crippen LogP contribution in [0.15, 0.2) is 47.6 Å². The molecule has 20 heavy (non-hydrogen) atoms. The van der Waals surface area contributed by atoms with Crippen LogP contribution >= 0.6 is 11.8 Å². The molecule has 0 aliphatic carbocycles. The fourth-order valence-corrected chi connectivity index (χ4v) is 3.14. The summed E-state index contributed by atoms with van der Waals surface area (Å²) in [5.74, 6) is 1.08. The smallest absolute Gasteiger partial charge is 0.0522 e. The molecule has 0 amide bonds. The lowest BCUT2D eigenvalue weighted by Crippen LogP contribution is -2.33. The monoisotopic (exact) mass is 289 g/mol. The van der Waals surface area contributed by atoms with E-state index in [-0.39, 0.29) is 0 Å². The van der Waals surface area contributed by atoms with E-state index in [0.29, 0.717) is 6.04 Å². The highest BCUT2D eigenvalue weighted by atomic mass is 32.2. The Morgan fingerprint density at radius 2 is 2.05 bits per heavy atom. The normalized spacial score (nSPS) is 12.5. The van der Waals surface area contributed by atoms with Crippen molar-refractivity contribution in [2.24, 2.45) is 0 Å². The van der Waals surface area contributed by atoms with E-state index in [0.717, 1.165) is 25.3 Å². The fraction of sp³-hybridized carbons (Fsp3) is 0.438. The van der Waals surface area contributed by atoms with Crippen LogP contribution in [0.3, 0.4) is 0 Å². The zero-order valence-corrected chi connectivity index (χ0v) is 13.1. The summed E-state index contributed by atoms with van der Waals surface area (Å²) in [6.07, 6.45) is 5.17. The second-order valence-electron chi connectivity index (χ2n) is 4.79. The van der Waals surface area contributed by atoms with Crippen LogP contribution < -0.4 is 5.32 Å². The summed E-state index contributed by atoms with van der Waals surface area (Å²) in [6.45, 7) is 6.21. The molecule has 1 unspecified atom stereocenters. The van der Waals surface area contributed by atoms with Crippen molar-refractivity contribution in [3.63, 3.8) is 0 Å². The molecular formula is C16H23N3S. The van der Waals surface area contributed by atoms with E-state index in [4.69, 9.17) is 0 Å². The number of benzene rings is 1. The van der Waals surface area contributed by atoms with Crippen LogP contribution in [0.1, 0.15) is 19.4 Å². The molecule has 1 N–H and O–H groups in total. The number of nitrogens with zero attached hydrogens (tertiary/aromatic N) is 2. The van der Waals surface area contributed by atoms with Crippen LogP contribution in [0.4, 0.5) is 0 Å². The van der Waals surface area contributed by atoms with E-state index in [1.807, 2.05) is 22.6 Å². The summed E-state index contributed by atoms with van der Waals surface area (Å²) in [6, 6.07) is 11.1. The van der Waals surface area contributed by atoms with Crippen molar-refractivity contribution < 1.29 is 0 Å². The standard InChI is InChI=1S/C16H23N3S/c1-3-17-15(10-14-11-18-19(4-2)12-14)13-20-16-8-6-5-7-9-16/h5-9,11-12,15,17H,3-4,10,13H2,1-2H3. The lowest BCUT2D eigenvalue weighted by Gasteiger charge is -2.16. The molecule has 4 heteroatoms. The molecule has 0 fully saturated rings. The average Bonchev–Trinajstić information content (AvgIpc) is 2.94. The molecular weight excluding hydrogens is 266 g/mol. The van der Waals surface area contributed by atoms with Gasteiger partial charge in [0.15, 0.2) is 0 Å². The van der Waals surface area contributed by atoms with Crippen LogP contribution in [0.5, 0.6) is 0 Å². The van der Waals surface area contributed by atoms with Crippen molar-refractivity contribution in [2.45, 2.75) is 37.8 Å². The predicted octanol–water partition coefficient (Wildman–Crippen LogP) is 3.22. The van der Waals surface area contributed by atoms with Crippen molar-refractivity contribution in [3.8, 4) is 0 Å². The van der Waals surface area contributed by atoms with Crippen molar-refractivity contribution in [1.82, 2.24) is 15.1 Å². The van der Waals surface area contributed by atoms with Crippen LogP contribution in [0.2, 0.25) is 0 Å². The third kappa shape index (κ3) is 4.69. The van der Waals surface area contributed by atoms with Gasteiger partial charge in [0.1, 0.15) is 0 Å². The lowest BCUT2D eigenvalue weighted by molar-refractivity contribution is 0.572. The maximum atomic E-state index is 4.35. The summed E-state index contributed by atoms with van der Waals surface area (Å²) in [5.41, 5.74) is 1.31. The molecule has 2 rings (SSSR count). The minimum absolute atomic E-state index is 0.486. The molecule has 0 aliphatic rings. The van der Waals surface area contributed by atoms with Gasteiger partial charge in [-0.1, -0.05) is 25.1 Å². The number of aromatic nitrogens is 2. The molecule has 0 spiro atoms. The Balaban J connectivity index is 1.89. The molecule has 0 saturated carbocycles. The van der Waals surface area contributed by atoms with Crippen LogP contribution in [-0.4, -0.2) is 28.1 Å². The second kappa shape index (κ2) is 8.12. The lowest BCUT2D eigenvalue weighted by atomic mass is 10.1. The topological polar surface area (TPSA) is 29.9 Å². The summed E-state index contributed by atoms with van der Waals surface area (Å²) in [7, 11) is 0. The van der Waals surface area contributed by atoms with Gasteiger partial charge in [-0.2, -0.15) is 5.10 Å². The minimum atomic E-state index is 0.486. The molecule has 0 bridgehead atoms. The number of hydrogen-bond donors (Lipinski definition) is 1. The number of nitrogens with one attached hydrogen (secondary N) is 1. The Kier molecular flexibility index (Phi) is 6.15. The summed E-state index contributed by atoms with van der Waals surface area (Å²) >= 11 is 1.91. The van der Waals surface area contributed by atoms with E-state index in [9.17, 15) is 0 Å². The van der Waals surface area contributed by atoms with Gasteiger partial charge in [-0.05, 0) is 37.6 Å². The van der Waals surface area contributed by atoms with Crippen molar-refractivity contribution >= 4 is 11.8 Å². The number of thioether (sulfide) groups is 1. The first-order valence-electron chi connectivity index (χ1n) is 7.24. The first-order chi connectivity index (χ1) is 9.81. The van der Waals surface area contributed by atoms with Crippen LogP contribution in [0, 0.1) is 0 Å². The van der Waals surface area contributed by atoms with Gasteiger partial charge in [-0.25, -0.2) is 0 Å². The highest BCUT2D eigenvalue weighted by Gasteiger charge is 2.10. The fourth-order valence-electron chi connectivity index (χ4n) is 2.16. The number of rotatable bonds is 8. The highest BCUT2D eigenvalue weighted by molar-refractivity contribution is 7.99. The molecule has 1 aromatic heterocycles. The van der Waals surface area contributed by atoms with Gasteiger partial charge in [-0.15, -0.1) is 11.8 Å². The van der Waals surface area contributed by atoms with Crippen molar-refractivity contribution in [1.29, 1.82) is 0 Å². The predicted molar refractivity (Wildman–Crippen MR) is 86.2 cm³/mol. The van der Waals surface area contributed by atoms with Crippen LogP contribution in [-0.2, 0) is 13.0 Å². The second-order valence-corrected chi connectivity index (χ2v) is 5.88. The van der Waals surface area contributed by atoms with E-state index in [2.05, 4.69) is 60.8 Å². The Bertz CT molecular complexity index is 495. The average molecular weight is 289 g/mol. The SMILES string of the molecule is CCNC(CSc1ccccc1)Cc1cnn(CC)c1. The maximum absolute atomic E-state index is 4.35. The summed E-state index contributed by atoms with van der Waals surface area (Å²) in [5, 5.41) is 7.92. The number of likely N-dealkylation sites (N-methyl/N-ethyl adjacent to an activating group) is 1. The van der Waals surface area contributed by atoms with Crippen molar-refractivity contribution in [3.05, 3.63) is 48.3 Å². The van der Waals surface area contributed by atoms with E-state index < -0.39 is 0 Å². The maximum Gasteiger partial charge on any atom is 0.0522 e. The molecule has 0 radical (unpaired) electrons. The van der Waals surface area contributed by atoms with Gasteiger partial charge in [0.2, 0.25) is 0 Å². The van der Waals surface area contributed by atoms with Crippen molar-refractivity contribution in [2.75, 3.05) is 12.3 Å². The molecule has 0 aliphatic heterocycles. The first kappa shape index (κ1) is 15.1. The number of aryl methyl sites for hydroxylation is 1. The van der Waals surface area contributed by atoms with Gasteiger partial charge in [0, 0.05) is 29.4 Å². The summed E-state index contributed by atoms with van der Waals surface area (Å²) < 4.78 is 1.99. The third-order valence-corrected chi connectivity index (χ3v) is 4.35. The van der Waals surface area contributed by atoms with E-state index >= 15 is 0 Å². The van der Waals surface area contributed by atoms with Gasteiger partial charge < -0.3 is 5.32 Å². The number of hydrogen-bond acceptors (Lipinski definition) is 3. The Hall–Kier alpha value is -1.26. The van der Waals surface area contributed by atoms with Gasteiger partial charge in [-0.3, -0.25) is 4.68 Å². The van der Waals surface area contributed by atoms with Gasteiger partial charge in [0.05, 0.1) is 6.20 Å². The molecule has 0 saturated heterocycles. The Morgan fingerprint density at radius 3 is 2.70 bits per heavy atom. The molecule has 1 heterocycles.